The third-order valence-corrected chi connectivity index (χ3v) is 6.39. The van der Waals surface area contributed by atoms with Crippen molar-refractivity contribution in [1.29, 1.82) is 0 Å². The molecule has 0 radical (unpaired) electrons. The highest BCUT2D eigenvalue weighted by molar-refractivity contribution is 7.99. The second-order valence-electron chi connectivity index (χ2n) is 5.59. The van der Waals surface area contributed by atoms with Crippen molar-refractivity contribution in [3.05, 3.63) is 5.82 Å². The van der Waals surface area contributed by atoms with Gasteiger partial charge < -0.3 is 9.88 Å². The zero-order valence-electron chi connectivity index (χ0n) is 11.8. The van der Waals surface area contributed by atoms with Gasteiger partial charge in [-0.2, -0.15) is 0 Å². The van der Waals surface area contributed by atoms with E-state index in [4.69, 9.17) is 0 Å². The van der Waals surface area contributed by atoms with E-state index in [-0.39, 0.29) is 29.2 Å². The normalized spacial score (nSPS) is 24.1. The lowest BCUT2D eigenvalue weighted by Gasteiger charge is -2.10. The lowest BCUT2D eigenvalue weighted by molar-refractivity contribution is -0.119. The summed E-state index contributed by atoms with van der Waals surface area (Å²) in [6.45, 7) is 1.92. The monoisotopic (exact) mass is 330 g/mol. The fourth-order valence-electron chi connectivity index (χ4n) is 2.51. The number of nitrogens with one attached hydrogen (secondary N) is 1. The molecule has 0 unspecified atom stereocenters. The largest absolute Gasteiger partial charge is 0.352 e. The van der Waals surface area contributed by atoms with Crippen molar-refractivity contribution in [2.24, 2.45) is 0 Å². The Kier molecular flexibility index (Phi) is 3.96. The predicted octanol–water partition coefficient (Wildman–Crippen LogP) is 0.317. The fraction of sp³-hybridized carbons (Fsp3) is 0.750. The van der Waals surface area contributed by atoms with E-state index in [9.17, 15) is 13.2 Å². The third kappa shape index (κ3) is 3.57. The minimum Gasteiger partial charge on any atom is -0.352 e. The van der Waals surface area contributed by atoms with E-state index >= 15 is 0 Å². The lowest BCUT2D eigenvalue weighted by Crippen LogP contribution is -2.36. The van der Waals surface area contributed by atoms with Crippen molar-refractivity contribution in [3.63, 3.8) is 0 Å². The van der Waals surface area contributed by atoms with E-state index in [1.165, 1.54) is 11.8 Å². The van der Waals surface area contributed by atoms with Crippen LogP contribution in [0.3, 0.4) is 0 Å². The first-order valence-electron chi connectivity index (χ1n) is 6.99. The smallest absolute Gasteiger partial charge is 0.230 e. The molecule has 0 bridgehead atoms. The first-order chi connectivity index (χ1) is 9.94. The van der Waals surface area contributed by atoms with E-state index < -0.39 is 9.84 Å². The van der Waals surface area contributed by atoms with Gasteiger partial charge in [-0.25, -0.2) is 8.42 Å². The summed E-state index contributed by atoms with van der Waals surface area (Å²) in [6.07, 6.45) is 2.78. The topological polar surface area (TPSA) is 94.0 Å². The Morgan fingerprint density at radius 1 is 1.38 bits per heavy atom. The zero-order chi connectivity index (χ0) is 15.0. The van der Waals surface area contributed by atoms with Crippen molar-refractivity contribution >= 4 is 27.5 Å². The first-order valence-corrected chi connectivity index (χ1v) is 9.79. The molecular formula is C12H18N4O3S2. The maximum absolute atomic E-state index is 11.9. The number of carbonyl (C=O) groups excluding carboxylic acids is 1. The Morgan fingerprint density at radius 3 is 2.76 bits per heavy atom. The molecule has 0 aromatic carbocycles. The molecule has 1 saturated heterocycles. The van der Waals surface area contributed by atoms with Gasteiger partial charge in [0.2, 0.25) is 5.91 Å². The van der Waals surface area contributed by atoms with E-state index in [0.29, 0.717) is 12.5 Å². The van der Waals surface area contributed by atoms with Crippen LogP contribution >= 0.6 is 11.8 Å². The second-order valence-corrected chi connectivity index (χ2v) is 8.76. The van der Waals surface area contributed by atoms with Gasteiger partial charge in [0.1, 0.15) is 5.82 Å². The molecular weight excluding hydrogens is 312 g/mol. The van der Waals surface area contributed by atoms with Gasteiger partial charge in [0.15, 0.2) is 15.0 Å². The summed E-state index contributed by atoms with van der Waals surface area (Å²) in [5.41, 5.74) is 0. The highest BCUT2D eigenvalue weighted by Crippen LogP contribution is 2.38. The Hall–Kier alpha value is -1.09. The minimum absolute atomic E-state index is 0.0563. The summed E-state index contributed by atoms with van der Waals surface area (Å²) in [7, 11) is -2.96. The van der Waals surface area contributed by atoms with Crippen LogP contribution in [0.15, 0.2) is 5.16 Å². The molecule has 7 nitrogen and oxygen atoms in total. The number of amides is 1. The molecule has 1 aromatic rings. The number of rotatable bonds is 5. The van der Waals surface area contributed by atoms with E-state index in [2.05, 4.69) is 20.1 Å². The standard InChI is InChI=1S/C12H18N4O3S2/c1-8-14-15-12(16(8)10-2-3-10)20-6-11(17)13-9-4-5-21(18,19)7-9/h9-10H,2-7H2,1H3,(H,13,17)/t9-/m0/s1. The number of aromatic nitrogens is 3. The summed E-state index contributed by atoms with van der Waals surface area (Å²) in [5, 5.41) is 11.7. The molecule has 1 aromatic heterocycles. The molecule has 9 heteroatoms. The van der Waals surface area contributed by atoms with Crippen LogP contribution in [0, 0.1) is 6.92 Å². The van der Waals surface area contributed by atoms with Gasteiger partial charge in [-0.3, -0.25) is 4.79 Å². The van der Waals surface area contributed by atoms with E-state index in [1.54, 1.807) is 0 Å². The summed E-state index contributed by atoms with van der Waals surface area (Å²) in [4.78, 5) is 11.9. The Labute approximate surface area is 127 Å². The predicted molar refractivity (Wildman–Crippen MR) is 79.0 cm³/mol. The second kappa shape index (κ2) is 5.60. The molecule has 3 rings (SSSR count). The number of thioether (sulfide) groups is 1. The number of hydrogen-bond acceptors (Lipinski definition) is 6. The van der Waals surface area contributed by atoms with Crippen LogP contribution in [0.1, 0.15) is 31.1 Å². The van der Waals surface area contributed by atoms with Crippen LogP contribution in [-0.4, -0.2) is 52.4 Å². The molecule has 21 heavy (non-hydrogen) atoms. The van der Waals surface area contributed by atoms with Gasteiger partial charge in [-0.1, -0.05) is 11.8 Å². The molecule has 1 N–H and O–H groups in total. The Morgan fingerprint density at radius 2 is 2.14 bits per heavy atom. The van der Waals surface area contributed by atoms with Gasteiger partial charge >= 0.3 is 0 Å². The molecule has 1 saturated carbocycles. The Balaban J connectivity index is 1.52. The average Bonchev–Trinajstić information content (AvgIpc) is 3.09. The molecule has 2 heterocycles. The van der Waals surface area contributed by atoms with Crippen molar-refractivity contribution in [3.8, 4) is 0 Å². The average molecular weight is 330 g/mol. The summed E-state index contributed by atoms with van der Waals surface area (Å²) < 4.78 is 24.8. The molecule has 2 fully saturated rings. The maximum Gasteiger partial charge on any atom is 0.230 e. The summed E-state index contributed by atoms with van der Waals surface area (Å²) in [6, 6.07) is 0.233. The zero-order valence-corrected chi connectivity index (χ0v) is 13.4. The van der Waals surface area contributed by atoms with Crippen LogP contribution in [0.4, 0.5) is 0 Å². The number of carbonyl (C=O) groups is 1. The molecule has 0 spiro atoms. The van der Waals surface area contributed by atoms with Crippen LogP contribution < -0.4 is 5.32 Å². The van der Waals surface area contributed by atoms with E-state index in [0.717, 1.165) is 23.8 Å². The quantitative estimate of drug-likeness (QED) is 0.781. The minimum atomic E-state index is -2.96. The van der Waals surface area contributed by atoms with Crippen LogP contribution in [0.5, 0.6) is 0 Å². The van der Waals surface area contributed by atoms with Gasteiger partial charge in [-0.05, 0) is 26.2 Å². The number of sulfone groups is 1. The highest BCUT2D eigenvalue weighted by Gasteiger charge is 2.30. The number of aryl methyl sites for hydroxylation is 1. The lowest BCUT2D eigenvalue weighted by atomic mass is 10.3. The van der Waals surface area contributed by atoms with Crippen LogP contribution in [0.25, 0.3) is 0 Å². The Bertz CT molecular complexity index is 651. The summed E-state index contributed by atoms with van der Waals surface area (Å²) in [5.74, 6) is 1.19. The van der Waals surface area contributed by atoms with Gasteiger partial charge in [0.05, 0.1) is 17.3 Å². The number of hydrogen-bond donors (Lipinski definition) is 1. The van der Waals surface area contributed by atoms with Crippen molar-refractivity contribution in [1.82, 2.24) is 20.1 Å². The van der Waals surface area contributed by atoms with Gasteiger partial charge in [0, 0.05) is 12.1 Å². The molecule has 1 atom stereocenters. The molecule has 2 aliphatic rings. The molecule has 1 amide bonds. The van der Waals surface area contributed by atoms with Gasteiger partial charge in [0.25, 0.3) is 0 Å². The molecule has 1 aliphatic carbocycles. The van der Waals surface area contributed by atoms with E-state index in [1.807, 2.05) is 6.92 Å². The fourth-order valence-corrected chi connectivity index (χ4v) is 5.05. The maximum atomic E-state index is 11.9. The third-order valence-electron chi connectivity index (χ3n) is 3.68. The van der Waals surface area contributed by atoms with Crippen LogP contribution in [-0.2, 0) is 14.6 Å². The first kappa shape index (κ1) is 14.8. The summed E-state index contributed by atoms with van der Waals surface area (Å²) >= 11 is 1.36. The molecule has 116 valence electrons. The van der Waals surface area contributed by atoms with Crippen molar-refractivity contribution in [2.75, 3.05) is 17.3 Å². The highest BCUT2D eigenvalue weighted by atomic mass is 32.2. The SMILES string of the molecule is Cc1nnc(SCC(=O)N[C@H]2CCS(=O)(=O)C2)n1C1CC1. The van der Waals surface area contributed by atoms with Crippen molar-refractivity contribution in [2.45, 2.75) is 43.4 Å². The van der Waals surface area contributed by atoms with Crippen molar-refractivity contribution < 1.29 is 13.2 Å². The van der Waals surface area contributed by atoms with Crippen LogP contribution in [0.2, 0.25) is 0 Å². The molecule has 1 aliphatic heterocycles. The number of nitrogens with zero attached hydrogens (tertiary/aromatic N) is 3. The van der Waals surface area contributed by atoms with Gasteiger partial charge in [-0.15, -0.1) is 10.2 Å².